The van der Waals surface area contributed by atoms with Gasteiger partial charge in [0.05, 0.1) is 7.11 Å². The third kappa shape index (κ3) is 3.59. The van der Waals surface area contributed by atoms with Crippen molar-refractivity contribution in [3.05, 3.63) is 53.2 Å². The van der Waals surface area contributed by atoms with Crippen molar-refractivity contribution < 1.29 is 9.47 Å². The number of hydrogen-bond donors (Lipinski definition) is 1. The van der Waals surface area contributed by atoms with Crippen LogP contribution in [0.1, 0.15) is 18.4 Å². The van der Waals surface area contributed by atoms with E-state index < -0.39 is 0 Å². The number of hydrogen-bond acceptors (Lipinski definition) is 4. The SMILES string of the molecule is COc1ccc(Cl)cc1C1(CNc2ccccn2)CCOCC1. The fourth-order valence-electron chi connectivity index (χ4n) is 3.13. The lowest BCUT2D eigenvalue weighted by Gasteiger charge is -2.38. The van der Waals surface area contributed by atoms with Crippen LogP contribution in [-0.4, -0.2) is 31.9 Å². The molecule has 0 aliphatic carbocycles. The smallest absolute Gasteiger partial charge is 0.125 e. The number of nitrogens with one attached hydrogen (secondary N) is 1. The van der Waals surface area contributed by atoms with Crippen LogP contribution in [0.15, 0.2) is 42.6 Å². The fraction of sp³-hybridized carbons (Fsp3) is 0.389. The number of rotatable bonds is 5. The molecule has 4 nitrogen and oxygen atoms in total. The third-order valence-corrected chi connectivity index (χ3v) is 4.69. The van der Waals surface area contributed by atoms with Gasteiger partial charge in [0.25, 0.3) is 0 Å². The summed E-state index contributed by atoms with van der Waals surface area (Å²) in [4.78, 5) is 4.35. The van der Waals surface area contributed by atoms with Gasteiger partial charge in [-0.05, 0) is 43.2 Å². The summed E-state index contributed by atoms with van der Waals surface area (Å²) in [5.41, 5.74) is 1.06. The lowest BCUT2D eigenvalue weighted by Crippen LogP contribution is -2.40. The van der Waals surface area contributed by atoms with Gasteiger partial charge in [0.2, 0.25) is 0 Å². The molecule has 2 aromatic rings. The summed E-state index contributed by atoms with van der Waals surface area (Å²) in [6.45, 7) is 2.24. The highest BCUT2D eigenvalue weighted by Crippen LogP contribution is 2.41. The molecule has 1 saturated heterocycles. The molecule has 0 radical (unpaired) electrons. The summed E-state index contributed by atoms with van der Waals surface area (Å²) < 4.78 is 11.2. The van der Waals surface area contributed by atoms with Crippen molar-refractivity contribution in [2.45, 2.75) is 18.3 Å². The number of anilines is 1. The Morgan fingerprint density at radius 3 is 2.78 bits per heavy atom. The van der Waals surface area contributed by atoms with E-state index in [4.69, 9.17) is 21.1 Å². The molecular weight excluding hydrogens is 312 g/mol. The molecule has 0 saturated carbocycles. The average molecular weight is 333 g/mol. The second kappa shape index (κ2) is 7.20. The van der Waals surface area contributed by atoms with E-state index in [1.165, 1.54) is 0 Å². The first kappa shape index (κ1) is 16.1. The van der Waals surface area contributed by atoms with Gasteiger partial charge in [0, 0.05) is 42.0 Å². The van der Waals surface area contributed by atoms with Crippen LogP contribution >= 0.6 is 11.6 Å². The summed E-state index contributed by atoms with van der Waals surface area (Å²) in [5.74, 6) is 1.75. The Balaban J connectivity index is 1.92. The topological polar surface area (TPSA) is 43.4 Å². The summed E-state index contributed by atoms with van der Waals surface area (Å²) in [6.07, 6.45) is 3.63. The number of pyridine rings is 1. The second-order valence-corrected chi connectivity index (χ2v) is 6.24. The van der Waals surface area contributed by atoms with Gasteiger partial charge in [-0.15, -0.1) is 0 Å². The highest BCUT2D eigenvalue weighted by molar-refractivity contribution is 6.30. The Hall–Kier alpha value is -1.78. The van der Waals surface area contributed by atoms with Crippen molar-refractivity contribution >= 4 is 17.4 Å². The lowest BCUT2D eigenvalue weighted by atomic mass is 9.73. The van der Waals surface area contributed by atoms with Crippen LogP contribution in [0, 0.1) is 0 Å². The van der Waals surface area contributed by atoms with E-state index in [0.717, 1.165) is 54.8 Å². The average Bonchev–Trinajstić information content (AvgIpc) is 2.62. The fourth-order valence-corrected chi connectivity index (χ4v) is 3.30. The Labute approximate surface area is 141 Å². The van der Waals surface area contributed by atoms with Gasteiger partial charge in [-0.2, -0.15) is 0 Å². The minimum atomic E-state index is -0.0774. The molecule has 1 aliphatic heterocycles. The molecule has 1 fully saturated rings. The Morgan fingerprint density at radius 1 is 1.26 bits per heavy atom. The van der Waals surface area contributed by atoms with E-state index in [9.17, 15) is 0 Å². The summed E-state index contributed by atoms with van der Waals surface area (Å²) in [6, 6.07) is 11.7. The van der Waals surface area contributed by atoms with E-state index in [1.807, 2.05) is 36.4 Å². The molecule has 0 atom stereocenters. The van der Waals surface area contributed by atoms with Gasteiger partial charge in [-0.1, -0.05) is 17.7 Å². The number of nitrogens with zero attached hydrogens (tertiary/aromatic N) is 1. The standard InChI is InChI=1S/C18H21ClN2O2/c1-22-16-6-5-14(19)12-15(16)18(7-10-23-11-8-18)13-21-17-4-2-3-9-20-17/h2-6,9,12H,7-8,10-11,13H2,1H3,(H,20,21). The van der Waals surface area contributed by atoms with Gasteiger partial charge >= 0.3 is 0 Å². The highest BCUT2D eigenvalue weighted by atomic mass is 35.5. The van der Waals surface area contributed by atoms with Crippen LogP contribution < -0.4 is 10.1 Å². The first-order valence-corrected chi connectivity index (χ1v) is 8.18. The molecule has 0 unspecified atom stereocenters. The van der Waals surface area contributed by atoms with Crippen LogP contribution in [0.4, 0.5) is 5.82 Å². The Kier molecular flexibility index (Phi) is 5.03. The molecule has 23 heavy (non-hydrogen) atoms. The quantitative estimate of drug-likeness (QED) is 0.901. The normalized spacial score (nSPS) is 16.8. The van der Waals surface area contributed by atoms with Crippen molar-refractivity contribution in [1.82, 2.24) is 4.98 Å². The zero-order chi connectivity index (χ0) is 16.1. The number of ether oxygens (including phenoxy) is 2. The first-order chi connectivity index (χ1) is 11.2. The number of benzene rings is 1. The monoisotopic (exact) mass is 332 g/mol. The summed E-state index contributed by atoms with van der Waals surface area (Å²) >= 11 is 6.25. The molecule has 0 bridgehead atoms. The van der Waals surface area contributed by atoms with Gasteiger partial charge in [0.15, 0.2) is 0 Å². The van der Waals surface area contributed by atoms with E-state index in [1.54, 1.807) is 13.3 Å². The molecule has 1 aromatic carbocycles. The maximum atomic E-state index is 6.25. The maximum absolute atomic E-state index is 6.25. The largest absolute Gasteiger partial charge is 0.496 e. The summed E-state index contributed by atoms with van der Waals surface area (Å²) in [5, 5.41) is 4.19. The molecule has 1 N–H and O–H groups in total. The number of methoxy groups -OCH3 is 1. The zero-order valence-corrected chi connectivity index (χ0v) is 14.0. The predicted molar refractivity (Wildman–Crippen MR) is 92.5 cm³/mol. The van der Waals surface area contributed by atoms with E-state index in [2.05, 4.69) is 10.3 Å². The minimum absolute atomic E-state index is 0.0774. The zero-order valence-electron chi connectivity index (χ0n) is 13.2. The molecule has 1 aromatic heterocycles. The van der Waals surface area contributed by atoms with Crippen LogP contribution in [0.25, 0.3) is 0 Å². The minimum Gasteiger partial charge on any atom is -0.496 e. The van der Waals surface area contributed by atoms with Gasteiger partial charge < -0.3 is 14.8 Å². The second-order valence-electron chi connectivity index (χ2n) is 5.81. The molecule has 5 heteroatoms. The van der Waals surface area contributed by atoms with Crippen LogP contribution in [0.3, 0.4) is 0 Å². The van der Waals surface area contributed by atoms with Gasteiger partial charge in [-0.25, -0.2) is 4.98 Å². The lowest BCUT2D eigenvalue weighted by molar-refractivity contribution is 0.0535. The third-order valence-electron chi connectivity index (χ3n) is 4.46. The first-order valence-electron chi connectivity index (χ1n) is 7.80. The molecule has 0 amide bonds. The van der Waals surface area contributed by atoms with Crippen molar-refractivity contribution in [3.63, 3.8) is 0 Å². The van der Waals surface area contributed by atoms with Gasteiger partial charge in [-0.3, -0.25) is 0 Å². The maximum Gasteiger partial charge on any atom is 0.125 e. The Morgan fingerprint density at radius 2 is 2.09 bits per heavy atom. The molecular formula is C18H21ClN2O2. The molecule has 2 heterocycles. The van der Waals surface area contributed by atoms with Crippen molar-refractivity contribution in [2.24, 2.45) is 0 Å². The van der Waals surface area contributed by atoms with Gasteiger partial charge in [0.1, 0.15) is 11.6 Å². The van der Waals surface area contributed by atoms with Crippen molar-refractivity contribution in [1.29, 1.82) is 0 Å². The molecule has 1 aliphatic rings. The molecule has 3 rings (SSSR count). The van der Waals surface area contributed by atoms with Crippen molar-refractivity contribution in [2.75, 3.05) is 32.2 Å². The van der Waals surface area contributed by atoms with Crippen LogP contribution in [-0.2, 0) is 10.2 Å². The van der Waals surface area contributed by atoms with Crippen LogP contribution in [0.5, 0.6) is 5.75 Å². The van der Waals surface area contributed by atoms with E-state index in [0.29, 0.717) is 0 Å². The number of halogens is 1. The van der Waals surface area contributed by atoms with Crippen molar-refractivity contribution in [3.8, 4) is 5.75 Å². The number of aromatic nitrogens is 1. The Bertz CT molecular complexity index is 643. The summed E-state index contributed by atoms with van der Waals surface area (Å²) in [7, 11) is 1.70. The van der Waals surface area contributed by atoms with E-state index in [-0.39, 0.29) is 5.41 Å². The molecule has 122 valence electrons. The molecule has 0 spiro atoms. The van der Waals surface area contributed by atoms with Crippen LogP contribution in [0.2, 0.25) is 5.02 Å². The highest BCUT2D eigenvalue weighted by Gasteiger charge is 2.37. The predicted octanol–water partition coefficient (Wildman–Crippen LogP) is 3.90. The van der Waals surface area contributed by atoms with E-state index >= 15 is 0 Å².